The first-order valence-electron chi connectivity index (χ1n) is 7.06. The average Bonchev–Trinajstić information content (AvgIpc) is 2.77. The molecule has 0 saturated carbocycles. The van der Waals surface area contributed by atoms with Crippen LogP contribution in [0.5, 0.6) is 0 Å². The maximum absolute atomic E-state index is 11.9. The van der Waals surface area contributed by atoms with Gasteiger partial charge < -0.3 is 15.5 Å². The Morgan fingerprint density at radius 2 is 2.24 bits per heavy atom. The van der Waals surface area contributed by atoms with Gasteiger partial charge in [0.15, 0.2) is 0 Å². The summed E-state index contributed by atoms with van der Waals surface area (Å²) < 4.78 is 1.03. The zero-order valence-corrected chi connectivity index (χ0v) is 15.3. The number of carbonyl (C=O) groups is 1. The number of rotatable bonds is 6. The molecule has 0 fully saturated rings. The molecule has 6 heteroatoms. The lowest BCUT2D eigenvalue weighted by Gasteiger charge is -2.30. The van der Waals surface area contributed by atoms with Crippen LogP contribution in [-0.2, 0) is 4.79 Å². The van der Waals surface area contributed by atoms with E-state index in [1.165, 1.54) is 0 Å². The Morgan fingerprint density at radius 1 is 1.52 bits per heavy atom. The number of halogens is 1. The highest BCUT2D eigenvalue weighted by Crippen LogP contribution is 2.39. The minimum Gasteiger partial charge on any atom is -0.370 e. The van der Waals surface area contributed by atoms with Crippen LogP contribution in [0.1, 0.15) is 24.9 Å². The molecule has 0 bridgehead atoms. The number of hydrogen-bond acceptors (Lipinski definition) is 4. The minimum atomic E-state index is -0.260. The molecule has 2 N–H and O–H groups in total. The van der Waals surface area contributed by atoms with E-state index in [1.54, 1.807) is 7.05 Å². The largest absolute Gasteiger partial charge is 0.370 e. The van der Waals surface area contributed by atoms with Crippen molar-refractivity contribution in [2.45, 2.75) is 25.4 Å². The predicted octanol–water partition coefficient (Wildman–Crippen LogP) is 3.24. The molecule has 0 spiro atoms. The van der Waals surface area contributed by atoms with Crippen molar-refractivity contribution in [1.82, 2.24) is 5.32 Å². The molecule has 1 aliphatic heterocycles. The molecule has 21 heavy (non-hydrogen) atoms. The van der Waals surface area contributed by atoms with Gasteiger partial charge in [-0.3, -0.25) is 4.79 Å². The second kappa shape index (κ2) is 7.03. The van der Waals surface area contributed by atoms with Crippen LogP contribution in [0.3, 0.4) is 0 Å². The van der Waals surface area contributed by atoms with Gasteiger partial charge in [0.05, 0.1) is 5.69 Å². The Morgan fingerprint density at radius 3 is 2.81 bits per heavy atom. The van der Waals surface area contributed by atoms with Gasteiger partial charge in [-0.25, -0.2) is 0 Å². The summed E-state index contributed by atoms with van der Waals surface area (Å²) in [4.78, 5) is 14.2. The second-order valence-electron chi connectivity index (χ2n) is 5.23. The molecule has 0 aromatic heterocycles. The molecule has 1 aromatic carbocycles. The van der Waals surface area contributed by atoms with Crippen molar-refractivity contribution in [2.75, 3.05) is 36.3 Å². The number of carbonyl (C=O) groups excluding carboxylic acids is 1. The van der Waals surface area contributed by atoms with Crippen LogP contribution in [0.4, 0.5) is 11.4 Å². The first-order valence-corrected chi connectivity index (χ1v) is 9.25. The Kier molecular flexibility index (Phi) is 5.57. The zero-order chi connectivity index (χ0) is 15.6. The van der Waals surface area contributed by atoms with Gasteiger partial charge in [0, 0.05) is 34.6 Å². The van der Waals surface area contributed by atoms with Crippen LogP contribution < -0.4 is 15.5 Å². The number of nitrogens with one attached hydrogen (secondary N) is 2. The van der Waals surface area contributed by atoms with Crippen molar-refractivity contribution < 1.29 is 4.79 Å². The number of benzene rings is 1. The van der Waals surface area contributed by atoms with E-state index in [2.05, 4.69) is 57.8 Å². The van der Waals surface area contributed by atoms with Gasteiger partial charge in [-0.05, 0) is 47.8 Å². The maximum atomic E-state index is 11.9. The standard InChI is InChI=1S/C15H22BrN3OS/c1-5-9(8-21-4)19(3)13-7-12-10(6-11(13)16)14(17-2)15(20)18-12/h6-7,9,14,17H,5,8H2,1-4H3,(H,18,20). The van der Waals surface area contributed by atoms with Gasteiger partial charge in [0.1, 0.15) is 6.04 Å². The molecular formula is C15H22BrN3OS. The molecule has 2 unspecified atom stereocenters. The number of amides is 1. The lowest BCUT2D eigenvalue weighted by molar-refractivity contribution is -0.117. The van der Waals surface area contributed by atoms with Gasteiger partial charge in [-0.2, -0.15) is 11.8 Å². The van der Waals surface area contributed by atoms with Crippen molar-refractivity contribution in [1.29, 1.82) is 0 Å². The highest BCUT2D eigenvalue weighted by molar-refractivity contribution is 9.10. The summed E-state index contributed by atoms with van der Waals surface area (Å²) in [5, 5.41) is 6.01. The second-order valence-corrected chi connectivity index (χ2v) is 7.00. The molecule has 0 saturated heterocycles. The molecule has 2 atom stereocenters. The summed E-state index contributed by atoms with van der Waals surface area (Å²) >= 11 is 5.52. The van der Waals surface area contributed by atoms with Crippen molar-refractivity contribution in [2.24, 2.45) is 0 Å². The van der Waals surface area contributed by atoms with E-state index in [0.29, 0.717) is 6.04 Å². The molecule has 116 valence electrons. The molecular weight excluding hydrogens is 350 g/mol. The third-order valence-corrected chi connectivity index (χ3v) is 5.35. The first kappa shape index (κ1) is 16.6. The normalized spacial score (nSPS) is 18.3. The third kappa shape index (κ3) is 3.22. The van der Waals surface area contributed by atoms with E-state index < -0.39 is 0 Å². The van der Waals surface area contributed by atoms with Crippen LogP contribution in [0.15, 0.2) is 16.6 Å². The number of anilines is 2. The van der Waals surface area contributed by atoms with Crippen molar-refractivity contribution in [3.63, 3.8) is 0 Å². The summed E-state index contributed by atoms with van der Waals surface area (Å²) in [7, 11) is 3.92. The van der Waals surface area contributed by atoms with Crippen LogP contribution in [0, 0.1) is 0 Å². The Balaban J connectivity index is 2.35. The zero-order valence-electron chi connectivity index (χ0n) is 12.9. The van der Waals surface area contributed by atoms with E-state index in [4.69, 9.17) is 0 Å². The summed E-state index contributed by atoms with van der Waals surface area (Å²) in [5.41, 5.74) is 3.03. The van der Waals surface area contributed by atoms with Crippen molar-refractivity contribution in [3.8, 4) is 0 Å². The molecule has 0 radical (unpaired) electrons. The monoisotopic (exact) mass is 371 g/mol. The fraction of sp³-hybridized carbons (Fsp3) is 0.533. The molecule has 1 aliphatic rings. The molecule has 2 rings (SSSR count). The fourth-order valence-electron chi connectivity index (χ4n) is 2.72. The Hall–Kier alpha value is -0.720. The number of likely N-dealkylation sites (N-methyl/N-ethyl adjacent to an activating group) is 1. The minimum absolute atomic E-state index is 0.00959. The summed E-state index contributed by atoms with van der Waals surface area (Å²) in [6.07, 6.45) is 3.22. The summed E-state index contributed by atoms with van der Waals surface area (Å²) in [5.74, 6) is 1.09. The molecule has 4 nitrogen and oxygen atoms in total. The number of fused-ring (bicyclic) bond motifs is 1. The summed E-state index contributed by atoms with van der Waals surface area (Å²) in [6.45, 7) is 2.21. The molecule has 1 heterocycles. The van der Waals surface area contributed by atoms with Gasteiger partial charge in [-0.1, -0.05) is 6.92 Å². The van der Waals surface area contributed by atoms with E-state index in [0.717, 1.165) is 33.6 Å². The third-order valence-electron chi connectivity index (χ3n) is 4.00. The van der Waals surface area contributed by atoms with E-state index >= 15 is 0 Å². The van der Waals surface area contributed by atoms with Gasteiger partial charge in [-0.15, -0.1) is 0 Å². The molecule has 1 amide bonds. The van der Waals surface area contributed by atoms with Crippen LogP contribution in [0.25, 0.3) is 0 Å². The lowest BCUT2D eigenvalue weighted by Crippen LogP contribution is -2.33. The number of hydrogen-bond donors (Lipinski definition) is 2. The maximum Gasteiger partial charge on any atom is 0.246 e. The van der Waals surface area contributed by atoms with Gasteiger partial charge in [0.25, 0.3) is 0 Å². The van der Waals surface area contributed by atoms with Gasteiger partial charge >= 0.3 is 0 Å². The Bertz CT molecular complexity index is 538. The van der Waals surface area contributed by atoms with Crippen molar-refractivity contribution >= 4 is 45.0 Å². The first-order chi connectivity index (χ1) is 10.0. The van der Waals surface area contributed by atoms with Crippen LogP contribution in [0.2, 0.25) is 0 Å². The van der Waals surface area contributed by atoms with Gasteiger partial charge in [0.2, 0.25) is 5.91 Å². The topological polar surface area (TPSA) is 44.4 Å². The van der Waals surface area contributed by atoms with Crippen molar-refractivity contribution in [3.05, 3.63) is 22.2 Å². The quantitative estimate of drug-likeness (QED) is 0.805. The fourth-order valence-corrected chi connectivity index (χ4v) is 4.20. The predicted molar refractivity (Wildman–Crippen MR) is 95.4 cm³/mol. The number of thioether (sulfide) groups is 1. The van der Waals surface area contributed by atoms with E-state index in [9.17, 15) is 4.79 Å². The lowest BCUT2D eigenvalue weighted by atomic mass is 10.1. The van der Waals surface area contributed by atoms with Crippen LogP contribution >= 0.6 is 27.7 Å². The number of nitrogens with zero attached hydrogens (tertiary/aromatic N) is 1. The Labute approximate surface area is 139 Å². The SMILES string of the molecule is CCC(CSC)N(C)c1cc2c(cc1Br)C(NC)C(=O)N2. The summed E-state index contributed by atoms with van der Waals surface area (Å²) in [6, 6.07) is 4.33. The average molecular weight is 372 g/mol. The smallest absolute Gasteiger partial charge is 0.246 e. The van der Waals surface area contributed by atoms with E-state index in [-0.39, 0.29) is 11.9 Å². The van der Waals surface area contributed by atoms with Crippen LogP contribution in [-0.4, -0.2) is 38.1 Å². The van der Waals surface area contributed by atoms with E-state index in [1.807, 2.05) is 17.8 Å². The highest BCUT2D eigenvalue weighted by Gasteiger charge is 2.31. The molecule has 1 aromatic rings. The molecule has 0 aliphatic carbocycles. The highest BCUT2D eigenvalue weighted by atomic mass is 79.9.